The lowest BCUT2D eigenvalue weighted by Crippen LogP contribution is -1.97. The van der Waals surface area contributed by atoms with Gasteiger partial charge in [-0.2, -0.15) is 0 Å². The predicted octanol–water partition coefficient (Wildman–Crippen LogP) is 3.94. The van der Waals surface area contributed by atoms with Crippen molar-refractivity contribution >= 4 is 9.84 Å². The highest BCUT2D eigenvalue weighted by Crippen LogP contribution is 2.16. The summed E-state index contributed by atoms with van der Waals surface area (Å²) in [5, 5.41) is 1.40. The molecular formula is C14H20O2S. The minimum absolute atomic E-state index is 0.370. The molecule has 0 aliphatic carbocycles. The molecule has 0 saturated heterocycles. The summed E-state index contributed by atoms with van der Waals surface area (Å²) in [6.45, 7) is 4.02. The molecule has 0 aliphatic heterocycles. The first-order chi connectivity index (χ1) is 8.06. The van der Waals surface area contributed by atoms with Gasteiger partial charge in [-0.25, -0.2) is 8.42 Å². The van der Waals surface area contributed by atoms with Crippen molar-refractivity contribution in [2.24, 2.45) is 0 Å². The van der Waals surface area contributed by atoms with Gasteiger partial charge in [-0.1, -0.05) is 43.5 Å². The van der Waals surface area contributed by atoms with Crippen LogP contribution in [0.2, 0.25) is 0 Å². The lowest BCUT2D eigenvalue weighted by molar-refractivity contribution is 0.604. The number of unbranched alkanes of at least 4 members (excludes halogenated alkanes) is 2. The van der Waals surface area contributed by atoms with Crippen molar-refractivity contribution in [3.63, 3.8) is 0 Å². The van der Waals surface area contributed by atoms with Gasteiger partial charge in [0.25, 0.3) is 0 Å². The Morgan fingerprint density at radius 1 is 1.18 bits per heavy atom. The topological polar surface area (TPSA) is 34.1 Å². The normalized spacial score (nSPS) is 12.7. The average molecular weight is 252 g/mol. The number of benzene rings is 1. The van der Waals surface area contributed by atoms with Gasteiger partial charge in [-0.3, -0.25) is 0 Å². The van der Waals surface area contributed by atoms with E-state index in [1.807, 2.05) is 13.0 Å². The SMILES string of the molecule is CCCCC/C(C)=C\S(=O)(=O)c1ccccc1. The second-order valence-corrected chi connectivity index (χ2v) is 6.08. The van der Waals surface area contributed by atoms with Crippen molar-refractivity contribution in [2.45, 2.75) is 44.4 Å². The summed E-state index contributed by atoms with van der Waals surface area (Å²) >= 11 is 0. The van der Waals surface area contributed by atoms with Crippen molar-refractivity contribution in [2.75, 3.05) is 0 Å². The molecule has 0 unspecified atom stereocenters. The van der Waals surface area contributed by atoms with Gasteiger partial charge in [0, 0.05) is 5.41 Å². The number of allylic oxidation sites excluding steroid dienone is 1. The van der Waals surface area contributed by atoms with E-state index in [1.54, 1.807) is 24.3 Å². The third-order valence-corrected chi connectivity index (χ3v) is 4.24. The van der Waals surface area contributed by atoms with Gasteiger partial charge in [0.1, 0.15) is 0 Å². The molecule has 3 heteroatoms. The molecule has 0 fully saturated rings. The Morgan fingerprint density at radius 3 is 2.41 bits per heavy atom. The van der Waals surface area contributed by atoms with E-state index in [9.17, 15) is 8.42 Å². The van der Waals surface area contributed by atoms with Crippen LogP contribution in [0.3, 0.4) is 0 Å². The number of hydrogen-bond donors (Lipinski definition) is 0. The zero-order valence-electron chi connectivity index (χ0n) is 10.5. The van der Waals surface area contributed by atoms with E-state index < -0.39 is 9.84 Å². The Balaban J connectivity index is 2.76. The first-order valence-corrected chi connectivity index (χ1v) is 7.58. The van der Waals surface area contributed by atoms with Crippen LogP contribution in [-0.2, 0) is 9.84 Å². The summed E-state index contributed by atoms with van der Waals surface area (Å²) in [5.74, 6) is 0. The quantitative estimate of drug-likeness (QED) is 0.718. The van der Waals surface area contributed by atoms with E-state index in [0.29, 0.717) is 4.90 Å². The van der Waals surface area contributed by atoms with Crippen LogP contribution >= 0.6 is 0 Å². The van der Waals surface area contributed by atoms with Gasteiger partial charge in [-0.05, 0) is 31.9 Å². The summed E-state index contributed by atoms with van der Waals surface area (Å²) in [6, 6.07) is 8.56. The monoisotopic (exact) mass is 252 g/mol. The summed E-state index contributed by atoms with van der Waals surface area (Å²) in [6.07, 6.45) is 4.22. The highest BCUT2D eigenvalue weighted by atomic mass is 32.2. The lowest BCUT2D eigenvalue weighted by Gasteiger charge is -2.02. The van der Waals surface area contributed by atoms with E-state index in [4.69, 9.17) is 0 Å². The molecule has 0 atom stereocenters. The van der Waals surface area contributed by atoms with E-state index in [-0.39, 0.29) is 0 Å². The minimum atomic E-state index is -3.26. The standard InChI is InChI=1S/C14H20O2S/c1-3-4-6-9-13(2)12-17(15,16)14-10-7-5-8-11-14/h5,7-8,10-12H,3-4,6,9H2,1-2H3/b13-12-. The molecule has 0 N–H and O–H groups in total. The van der Waals surface area contributed by atoms with Crippen molar-refractivity contribution in [1.29, 1.82) is 0 Å². The fraction of sp³-hybridized carbons (Fsp3) is 0.429. The predicted molar refractivity (Wildman–Crippen MR) is 71.5 cm³/mol. The first kappa shape index (κ1) is 14.0. The zero-order chi connectivity index (χ0) is 12.7. The fourth-order valence-corrected chi connectivity index (χ4v) is 2.98. The number of sulfone groups is 1. The molecule has 17 heavy (non-hydrogen) atoms. The molecule has 0 aromatic heterocycles. The molecule has 94 valence electrons. The van der Waals surface area contributed by atoms with Crippen LogP contribution in [-0.4, -0.2) is 8.42 Å². The molecule has 0 aliphatic rings. The van der Waals surface area contributed by atoms with Crippen LogP contribution in [0.4, 0.5) is 0 Å². The van der Waals surface area contributed by atoms with Crippen LogP contribution in [0.5, 0.6) is 0 Å². The van der Waals surface area contributed by atoms with Crippen LogP contribution in [0.25, 0.3) is 0 Å². The maximum absolute atomic E-state index is 12.0. The summed E-state index contributed by atoms with van der Waals surface area (Å²) in [7, 11) is -3.26. The molecule has 0 spiro atoms. The highest BCUT2D eigenvalue weighted by Gasteiger charge is 2.10. The fourth-order valence-electron chi connectivity index (χ4n) is 1.66. The van der Waals surface area contributed by atoms with Gasteiger partial charge >= 0.3 is 0 Å². The molecule has 0 amide bonds. The van der Waals surface area contributed by atoms with Crippen molar-refractivity contribution in [3.05, 3.63) is 41.3 Å². The molecule has 0 bridgehead atoms. The third kappa shape index (κ3) is 4.73. The summed E-state index contributed by atoms with van der Waals surface area (Å²) in [4.78, 5) is 0.370. The van der Waals surface area contributed by atoms with E-state index in [2.05, 4.69) is 6.92 Å². The molecule has 0 radical (unpaired) electrons. The van der Waals surface area contributed by atoms with Gasteiger partial charge in [0.15, 0.2) is 9.84 Å². The maximum atomic E-state index is 12.0. The van der Waals surface area contributed by atoms with Gasteiger partial charge in [0.05, 0.1) is 4.90 Å². The van der Waals surface area contributed by atoms with E-state index in [0.717, 1.165) is 31.3 Å². The second-order valence-electron chi connectivity index (χ2n) is 4.28. The van der Waals surface area contributed by atoms with Crippen LogP contribution < -0.4 is 0 Å². The molecule has 1 aromatic carbocycles. The van der Waals surface area contributed by atoms with Crippen LogP contribution in [0, 0.1) is 0 Å². The molecular weight excluding hydrogens is 232 g/mol. The Kier molecular flexibility index (Phi) is 5.42. The summed E-state index contributed by atoms with van der Waals surface area (Å²) in [5.41, 5.74) is 0.933. The molecule has 0 saturated carbocycles. The Bertz CT molecular complexity index is 458. The molecule has 0 heterocycles. The van der Waals surface area contributed by atoms with Crippen LogP contribution in [0.1, 0.15) is 39.5 Å². The van der Waals surface area contributed by atoms with Gasteiger partial charge in [-0.15, -0.1) is 0 Å². The summed E-state index contributed by atoms with van der Waals surface area (Å²) < 4.78 is 24.0. The zero-order valence-corrected chi connectivity index (χ0v) is 11.3. The Morgan fingerprint density at radius 2 is 1.82 bits per heavy atom. The Hall–Kier alpha value is -1.09. The maximum Gasteiger partial charge on any atom is 0.199 e. The molecule has 1 rings (SSSR count). The second kappa shape index (κ2) is 6.60. The van der Waals surface area contributed by atoms with Crippen molar-refractivity contribution < 1.29 is 8.42 Å². The van der Waals surface area contributed by atoms with Crippen LogP contribution in [0.15, 0.2) is 46.2 Å². The minimum Gasteiger partial charge on any atom is -0.219 e. The third-order valence-electron chi connectivity index (χ3n) is 2.60. The van der Waals surface area contributed by atoms with Crippen molar-refractivity contribution in [1.82, 2.24) is 0 Å². The Labute approximate surface area is 104 Å². The van der Waals surface area contributed by atoms with Gasteiger partial charge < -0.3 is 0 Å². The largest absolute Gasteiger partial charge is 0.219 e. The smallest absolute Gasteiger partial charge is 0.199 e. The number of hydrogen-bond acceptors (Lipinski definition) is 2. The highest BCUT2D eigenvalue weighted by molar-refractivity contribution is 7.94. The molecule has 2 nitrogen and oxygen atoms in total. The number of rotatable bonds is 6. The van der Waals surface area contributed by atoms with E-state index >= 15 is 0 Å². The van der Waals surface area contributed by atoms with E-state index in [1.165, 1.54) is 5.41 Å². The molecule has 1 aromatic rings. The lowest BCUT2D eigenvalue weighted by atomic mass is 10.1. The van der Waals surface area contributed by atoms with Crippen molar-refractivity contribution in [3.8, 4) is 0 Å². The van der Waals surface area contributed by atoms with Gasteiger partial charge in [0.2, 0.25) is 0 Å². The average Bonchev–Trinajstić information content (AvgIpc) is 2.30. The first-order valence-electron chi connectivity index (χ1n) is 6.03.